The molecule has 3 nitrogen and oxygen atoms in total. The van der Waals surface area contributed by atoms with Gasteiger partial charge in [-0.3, -0.25) is 4.79 Å². The summed E-state index contributed by atoms with van der Waals surface area (Å²) in [6.07, 6.45) is 9.43. The summed E-state index contributed by atoms with van der Waals surface area (Å²) in [4.78, 5) is 15.3. The van der Waals surface area contributed by atoms with E-state index in [0.717, 1.165) is 38.9 Å². The van der Waals surface area contributed by atoms with Crippen LogP contribution in [0.15, 0.2) is 0 Å². The molecule has 1 amide bonds. The van der Waals surface area contributed by atoms with Crippen LogP contribution in [0.2, 0.25) is 0 Å². The number of amides is 1. The van der Waals surface area contributed by atoms with E-state index in [9.17, 15) is 4.79 Å². The van der Waals surface area contributed by atoms with Crippen LogP contribution in [0.25, 0.3) is 0 Å². The van der Waals surface area contributed by atoms with E-state index in [-0.39, 0.29) is 5.41 Å². The van der Waals surface area contributed by atoms with Crippen LogP contribution in [-0.4, -0.2) is 36.5 Å². The third-order valence-electron chi connectivity index (χ3n) is 5.31. The van der Waals surface area contributed by atoms with Crippen molar-refractivity contribution in [2.24, 2.45) is 5.41 Å². The Kier molecular flexibility index (Phi) is 5.26. The molecule has 2 fully saturated rings. The lowest BCUT2D eigenvalue weighted by atomic mass is 9.75. The molecule has 1 heterocycles. The number of piperidine rings is 1. The monoisotopic (exact) mass is 266 g/mol. The van der Waals surface area contributed by atoms with Gasteiger partial charge in [0.1, 0.15) is 0 Å². The second-order valence-electron chi connectivity index (χ2n) is 6.27. The predicted octanol–water partition coefficient (Wildman–Crippen LogP) is 2.95. The van der Waals surface area contributed by atoms with Crippen molar-refractivity contribution < 1.29 is 4.79 Å². The molecule has 1 aliphatic carbocycles. The molecule has 2 aliphatic rings. The zero-order valence-corrected chi connectivity index (χ0v) is 12.7. The van der Waals surface area contributed by atoms with Gasteiger partial charge in [0.15, 0.2) is 0 Å². The SMILES string of the molecule is CCN(C(=O)C1(CC)CCNCC1)C1CCCCC1. The number of rotatable bonds is 4. The molecule has 0 aromatic rings. The Morgan fingerprint density at radius 2 is 1.79 bits per heavy atom. The Labute approximate surface area is 118 Å². The summed E-state index contributed by atoms with van der Waals surface area (Å²) < 4.78 is 0. The standard InChI is InChI=1S/C16H30N2O/c1-3-16(10-12-17-13-11-16)15(19)18(4-2)14-8-6-5-7-9-14/h14,17H,3-13H2,1-2H3. The van der Waals surface area contributed by atoms with Crippen molar-refractivity contribution in [1.82, 2.24) is 10.2 Å². The molecule has 0 aromatic carbocycles. The number of carbonyl (C=O) groups excluding carboxylic acids is 1. The largest absolute Gasteiger partial charge is 0.340 e. The summed E-state index contributed by atoms with van der Waals surface area (Å²) in [6.45, 7) is 7.23. The van der Waals surface area contributed by atoms with E-state index in [2.05, 4.69) is 24.1 Å². The van der Waals surface area contributed by atoms with E-state index in [1.807, 2.05) is 0 Å². The van der Waals surface area contributed by atoms with Gasteiger partial charge in [-0.25, -0.2) is 0 Å². The fourth-order valence-electron chi connectivity index (χ4n) is 3.89. The smallest absolute Gasteiger partial charge is 0.229 e. The van der Waals surface area contributed by atoms with E-state index in [1.54, 1.807) is 0 Å². The number of nitrogens with zero attached hydrogens (tertiary/aromatic N) is 1. The molecule has 0 spiro atoms. The minimum atomic E-state index is -0.0707. The molecule has 0 bridgehead atoms. The van der Waals surface area contributed by atoms with Crippen LogP contribution < -0.4 is 5.32 Å². The molecule has 1 aliphatic heterocycles. The van der Waals surface area contributed by atoms with Gasteiger partial charge in [0, 0.05) is 12.6 Å². The Balaban J connectivity index is 2.09. The van der Waals surface area contributed by atoms with Gasteiger partial charge in [0.25, 0.3) is 0 Å². The molecule has 0 atom stereocenters. The van der Waals surface area contributed by atoms with Crippen LogP contribution in [0.3, 0.4) is 0 Å². The Hall–Kier alpha value is -0.570. The second-order valence-corrected chi connectivity index (χ2v) is 6.27. The molecular weight excluding hydrogens is 236 g/mol. The van der Waals surface area contributed by atoms with Gasteiger partial charge in [-0.2, -0.15) is 0 Å². The highest BCUT2D eigenvalue weighted by molar-refractivity contribution is 5.83. The summed E-state index contributed by atoms with van der Waals surface area (Å²) in [7, 11) is 0. The highest BCUT2D eigenvalue weighted by Crippen LogP contribution is 2.36. The summed E-state index contributed by atoms with van der Waals surface area (Å²) in [6, 6.07) is 0.518. The molecule has 0 radical (unpaired) electrons. The van der Waals surface area contributed by atoms with Crippen molar-refractivity contribution in [3.8, 4) is 0 Å². The minimum absolute atomic E-state index is 0.0707. The Bertz CT molecular complexity index is 291. The van der Waals surface area contributed by atoms with Gasteiger partial charge >= 0.3 is 0 Å². The summed E-state index contributed by atoms with van der Waals surface area (Å²) in [5, 5.41) is 3.39. The van der Waals surface area contributed by atoms with Crippen LogP contribution in [0.4, 0.5) is 0 Å². The van der Waals surface area contributed by atoms with Crippen LogP contribution in [-0.2, 0) is 4.79 Å². The van der Waals surface area contributed by atoms with Gasteiger partial charge in [-0.15, -0.1) is 0 Å². The van der Waals surface area contributed by atoms with E-state index in [4.69, 9.17) is 0 Å². The number of hydrogen-bond donors (Lipinski definition) is 1. The average Bonchev–Trinajstić information content (AvgIpc) is 2.49. The molecule has 1 saturated heterocycles. The number of hydrogen-bond acceptors (Lipinski definition) is 2. The van der Waals surface area contributed by atoms with Gasteiger partial charge in [-0.1, -0.05) is 26.2 Å². The molecule has 1 saturated carbocycles. The molecule has 19 heavy (non-hydrogen) atoms. The summed E-state index contributed by atoms with van der Waals surface area (Å²) in [5.41, 5.74) is -0.0707. The van der Waals surface area contributed by atoms with Crippen molar-refractivity contribution in [1.29, 1.82) is 0 Å². The van der Waals surface area contributed by atoms with Crippen LogP contribution in [0, 0.1) is 5.41 Å². The third kappa shape index (κ3) is 3.13. The second kappa shape index (κ2) is 6.74. The van der Waals surface area contributed by atoms with Gasteiger partial charge in [0.2, 0.25) is 5.91 Å². The van der Waals surface area contributed by atoms with Crippen LogP contribution >= 0.6 is 0 Å². The lowest BCUT2D eigenvalue weighted by Gasteiger charge is -2.43. The highest BCUT2D eigenvalue weighted by Gasteiger charge is 2.41. The van der Waals surface area contributed by atoms with Crippen molar-refractivity contribution in [3.05, 3.63) is 0 Å². The fourth-order valence-corrected chi connectivity index (χ4v) is 3.89. The first-order valence-electron chi connectivity index (χ1n) is 8.25. The minimum Gasteiger partial charge on any atom is -0.340 e. The van der Waals surface area contributed by atoms with E-state index in [0.29, 0.717) is 11.9 Å². The molecule has 1 N–H and O–H groups in total. The molecular formula is C16H30N2O. The Morgan fingerprint density at radius 1 is 1.16 bits per heavy atom. The zero-order chi connectivity index (χ0) is 13.7. The van der Waals surface area contributed by atoms with Gasteiger partial charge < -0.3 is 10.2 Å². The average molecular weight is 266 g/mol. The van der Waals surface area contributed by atoms with Crippen molar-refractivity contribution in [3.63, 3.8) is 0 Å². The molecule has 110 valence electrons. The van der Waals surface area contributed by atoms with Crippen LogP contribution in [0.1, 0.15) is 65.2 Å². The topological polar surface area (TPSA) is 32.3 Å². The fraction of sp³-hybridized carbons (Fsp3) is 0.938. The van der Waals surface area contributed by atoms with Crippen LogP contribution in [0.5, 0.6) is 0 Å². The first kappa shape index (κ1) is 14.8. The molecule has 0 aromatic heterocycles. The quantitative estimate of drug-likeness (QED) is 0.848. The maximum absolute atomic E-state index is 13.1. The third-order valence-corrected chi connectivity index (χ3v) is 5.31. The highest BCUT2D eigenvalue weighted by atomic mass is 16.2. The Morgan fingerprint density at radius 3 is 2.32 bits per heavy atom. The van der Waals surface area contributed by atoms with E-state index in [1.165, 1.54) is 32.1 Å². The number of carbonyl (C=O) groups is 1. The predicted molar refractivity (Wildman–Crippen MR) is 79.1 cm³/mol. The normalized spacial score (nSPS) is 24.1. The number of nitrogens with one attached hydrogen (secondary N) is 1. The molecule has 3 heteroatoms. The van der Waals surface area contributed by atoms with E-state index >= 15 is 0 Å². The molecule has 0 unspecified atom stereocenters. The first-order chi connectivity index (χ1) is 9.23. The molecule has 2 rings (SSSR count). The summed E-state index contributed by atoms with van der Waals surface area (Å²) in [5.74, 6) is 0.450. The first-order valence-corrected chi connectivity index (χ1v) is 8.25. The van der Waals surface area contributed by atoms with Gasteiger partial charge in [-0.05, 0) is 52.1 Å². The maximum atomic E-state index is 13.1. The van der Waals surface area contributed by atoms with Gasteiger partial charge in [0.05, 0.1) is 5.41 Å². The van der Waals surface area contributed by atoms with E-state index < -0.39 is 0 Å². The van der Waals surface area contributed by atoms with Crippen molar-refractivity contribution in [2.75, 3.05) is 19.6 Å². The summed E-state index contributed by atoms with van der Waals surface area (Å²) >= 11 is 0. The lowest BCUT2D eigenvalue weighted by Crippen LogP contribution is -2.52. The van der Waals surface area contributed by atoms with Crippen molar-refractivity contribution in [2.45, 2.75) is 71.3 Å². The van der Waals surface area contributed by atoms with Crippen molar-refractivity contribution >= 4 is 5.91 Å². The maximum Gasteiger partial charge on any atom is 0.229 e. The lowest BCUT2D eigenvalue weighted by molar-refractivity contribution is -0.147. The zero-order valence-electron chi connectivity index (χ0n) is 12.7.